The first kappa shape index (κ1) is 18.3. The molecule has 27 heavy (non-hydrogen) atoms. The molecule has 0 N–H and O–H groups in total. The van der Waals surface area contributed by atoms with Crippen LogP contribution in [0.2, 0.25) is 0 Å². The summed E-state index contributed by atoms with van der Waals surface area (Å²) >= 11 is 1.54. The molecule has 2 aromatic carbocycles. The molecule has 1 aliphatic rings. The zero-order chi connectivity index (χ0) is 18.6. The highest BCUT2D eigenvalue weighted by Gasteiger charge is 2.21. The first-order valence-corrected chi connectivity index (χ1v) is 10.7. The molecule has 0 atom stereocenters. The number of Topliss-reactive ketones (excluding diaryl/α,β-unsaturated/α-hetero) is 1. The Labute approximate surface area is 165 Å². The summed E-state index contributed by atoms with van der Waals surface area (Å²) < 4.78 is 1.12. The van der Waals surface area contributed by atoms with E-state index in [-0.39, 0.29) is 5.78 Å². The number of likely N-dealkylation sites (tertiary alicyclic amines) is 1. The third-order valence-corrected chi connectivity index (χ3v) is 6.58. The van der Waals surface area contributed by atoms with Gasteiger partial charge in [-0.2, -0.15) is 0 Å². The van der Waals surface area contributed by atoms with Crippen LogP contribution in [0.3, 0.4) is 0 Å². The van der Waals surface area contributed by atoms with Crippen molar-refractivity contribution in [3.05, 3.63) is 64.7 Å². The van der Waals surface area contributed by atoms with Crippen molar-refractivity contribution in [3.63, 3.8) is 0 Å². The van der Waals surface area contributed by atoms with Gasteiger partial charge in [0.15, 0.2) is 10.8 Å². The molecule has 2 heterocycles. The number of hydrogen-bond acceptors (Lipinski definition) is 4. The molecule has 0 saturated carbocycles. The lowest BCUT2D eigenvalue weighted by Crippen LogP contribution is -2.33. The summed E-state index contributed by atoms with van der Waals surface area (Å²) in [5, 5.41) is 0.678. The number of aryl methyl sites for hydroxylation is 1. The number of thiazole rings is 1. The van der Waals surface area contributed by atoms with Gasteiger partial charge >= 0.3 is 0 Å². The average Bonchev–Trinajstić information content (AvgIpc) is 3.11. The monoisotopic (exact) mass is 378 g/mol. The fourth-order valence-electron chi connectivity index (χ4n) is 3.87. The third-order valence-electron chi connectivity index (χ3n) is 5.52. The predicted molar refractivity (Wildman–Crippen MR) is 112 cm³/mol. The summed E-state index contributed by atoms with van der Waals surface area (Å²) in [5.41, 5.74) is 3.55. The van der Waals surface area contributed by atoms with Crippen molar-refractivity contribution in [2.75, 3.05) is 13.1 Å². The van der Waals surface area contributed by atoms with Gasteiger partial charge in [-0.05, 0) is 68.5 Å². The fourth-order valence-corrected chi connectivity index (χ4v) is 4.90. The summed E-state index contributed by atoms with van der Waals surface area (Å²) in [6, 6.07) is 16.9. The maximum atomic E-state index is 12.6. The largest absolute Gasteiger partial charge is 0.299 e. The van der Waals surface area contributed by atoms with Crippen LogP contribution in [0.4, 0.5) is 0 Å². The minimum atomic E-state index is 0.209. The van der Waals surface area contributed by atoms with Gasteiger partial charge in [-0.1, -0.05) is 36.4 Å². The van der Waals surface area contributed by atoms with E-state index in [0.717, 1.165) is 36.3 Å². The van der Waals surface area contributed by atoms with Crippen LogP contribution in [-0.4, -0.2) is 28.8 Å². The van der Waals surface area contributed by atoms with Gasteiger partial charge in [-0.15, -0.1) is 11.3 Å². The van der Waals surface area contributed by atoms with Crippen LogP contribution in [0.25, 0.3) is 10.2 Å². The summed E-state index contributed by atoms with van der Waals surface area (Å²) in [4.78, 5) is 19.7. The number of fused-ring (bicyclic) bond motifs is 1. The van der Waals surface area contributed by atoms with Gasteiger partial charge in [-0.25, -0.2) is 4.98 Å². The molecule has 1 aliphatic heterocycles. The molecule has 1 fully saturated rings. The molecule has 3 nitrogen and oxygen atoms in total. The molecule has 140 valence electrons. The van der Waals surface area contributed by atoms with Gasteiger partial charge in [0.25, 0.3) is 0 Å². The van der Waals surface area contributed by atoms with E-state index in [2.05, 4.69) is 59.3 Å². The van der Waals surface area contributed by atoms with Crippen molar-refractivity contribution in [1.29, 1.82) is 0 Å². The molecule has 4 rings (SSSR count). The molecule has 0 radical (unpaired) electrons. The molecule has 1 aromatic heterocycles. The minimum Gasteiger partial charge on any atom is -0.299 e. The molecule has 0 amide bonds. The first-order chi connectivity index (χ1) is 13.2. The highest BCUT2D eigenvalue weighted by molar-refractivity contribution is 7.20. The van der Waals surface area contributed by atoms with Crippen molar-refractivity contribution in [2.45, 2.75) is 39.2 Å². The second-order valence-corrected chi connectivity index (χ2v) is 8.69. The summed E-state index contributed by atoms with van der Waals surface area (Å²) in [5.74, 6) is 0.873. The SMILES string of the molecule is Cc1ccc2nc(C(=O)CCC3CCN(Cc4ccccc4)CC3)sc2c1. The van der Waals surface area contributed by atoms with Gasteiger partial charge < -0.3 is 0 Å². The Bertz CT molecular complexity index is 911. The van der Waals surface area contributed by atoms with E-state index in [9.17, 15) is 4.79 Å². The summed E-state index contributed by atoms with van der Waals surface area (Å²) in [6.07, 6.45) is 4.01. The Hall–Kier alpha value is -2.04. The number of benzene rings is 2. The molecule has 1 saturated heterocycles. The van der Waals surface area contributed by atoms with Crippen LogP contribution in [0.1, 0.15) is 46.6 Å². The lowest BCUT2D eigenvalue weighted by molar-refractivity contribution is 0.0961. The van der Waals surface area contributed by atoms with E-state index in [1.165, 1.54) is 35.3 Å². The Morgan fingerprint density at radius 2 is 1.93 bits per heavy atom. The van der Waals surface area contributed by atoms with Crippen LogP contribution in [-0.2, 0) is 6.54 Å². The van der Waals surface area contributed by atoms with Crippen molar-refractivity contribution in [3.8, 4) is 0 Å². The second-order valence-electron chi connectivity index (χ2n) is 7.66. The van der Waals surface area contributed by atoms with Crippen molar-refractivity contribution >= 4 is 27.3 Å². The number of hydrogen-bond donors (Lipinski definition) is 0. The number of nitrogens with zero attached hydrogens (tertiary/aromatic N) is 2. The van der Waals surface area contributed by atoms with Crippen molar-refractivity contribution in [2.24, 2.45) is 5.92 Å². The van der Waals surface area contributed by atoms with Crippen molar-refractivity contribution in [1.82, 2.24) is 9.88 Å². The third kappa shape index (κ3) is 4.63. The van der Waals surface area contributed by atoms with Gasteiger partial charge in [0.05, 0.1) is 10.2 Å². The number of rotatable bonds is 6. The molecule has 0 bridgehead atoms. The Kier molecular flexibility index (Phi) is 5.65. The maximum Gasteiger partial charge on any atom is 0.191 e. The predicted octanol–water partition coefficient (Wildman–Crippen LogP) is 5.48. The smallest absolute Gasteiger partial charge is 0.191 e. The van der Waals surface area contributed by atoms with Crippen LogP contribution < -0.4 is 0 Å². The molecule has 0 unspecified atom stereocenters. The Morgan fingerprint density at radius 1 is 1.15 bits per heavy atom. The van der Waals surface area contributed by atoms with E-state index < -0.39 is 0 Å². The first-order valence-electron chi connectivity index (χ1n) is 9.84. The Morgan fingerprint density at radius 3 is 2.70 bits per heavy atom. The van der Waals surface area contributed by atoms with Gasteiger partial charge in [0, 0.05) is 13.0 Å². The lowest BCUT2D eigenvalue weighted by Gasteiger charge is -2.31. The molecule has 4 heteroatoms. The van der Waals surface area contributed by atoms with Crippen LogP contribution in [0, 0.1) is 12.8 Å². The topological polar surface area (TPSA) is 33.2 Å². The van der Waals surface area contributed by atoms with E-state index >= 15 is 0 Å². The minimum absolute atomic E-state index is 0.209. The van der Waals surface area contributed by atoms with Crippen molar-refractivity contribution < 1.29 is 4.79 Å². The molecular weight excluding hydrogens is 352 g/mol. The Balaban J connectivity index is 1.26. The molecular formula is C23H26N2OS. The zero-order valence-electron chi connectivity index (χ0n) is 15.9. The van der Waals surface area contributed by atoms with E-state index in [1.807, 2.05) is 6.07 Å². The average molecular weight is 379 g/mol. The molecule has 3 aromatic rings. The summed E-state index contributed by atoms with van der Waals surface area (Å²) in [7, 11) is 0. The maximum absolute atomic E-state index is 12.6. The number of carbonyl (C=O) groups excluding carboxylic acids is 1. The quantitative estimate of drug-likeness (QED) is 0.533. The second kappa shape index (κ2) is 8.32. The standard InChI is InChI=1S/C23H26N2OS/c1-17-7-9-20-22(15-17)27-23(24-20)21(26)10-8-18-11-13-25(14-12-18)16-19-5-3-2-4-6-19/h2-7,9,15,18H,8,10-14,16H2,1H3. The van der Waals surface area contributed by atoms with E-state index in [4.69, 9.17) is 0 Å². The highest BCUT2D eigenvalue weighted by atomic mass is 32.1. The lowest BCUT2D eigenvalue weighted by atomic mass is 9.91. The zero-order valence-corrected chi connectivity index (χ0v) is 16.7. The van der Waals surface area contributed by atoms with Gasteiger partial charge in [0.1, 0.15) is 0 Å². The molecule has 0 spiro atoms. The molecule has 0 aliphatic carbocycles. The van der Waals surface area contributed by atoms with Gasteiger partial charge in [0.2, 0.25) is 0 Å². The normalized spacial score (nSPS) is 16.0. The van der Waals surface area contributed by atoms with Crippen LogP contribution >= 0.6 is 11.3 Å². The van der Waals surface area contributed by atoms with E-state index in [0.29, 0.717) is 17.3 Å². The number of carbonyl (C=O) groups is 1. The van der Waals surface area contributed by atoms with Crippen LogP contribution in [0.5, 0.6) is 0 Å². The van der Waals surface area contributed by atoms with E-state index in [1.54, 1.807) is 0 Å². The number of ketones is 1. The fraction of sp³-hybridized carbons (Fsp3) is 0.391. The number of aromatic nitrogens is 1. The highest BCUT2D eigenvalue weighted by Crippen LogP contribution is 2.27. The number of piperidine rings is 1. The van der Waals surface area contributed by atoms with Crippen LogP contribution in [0.15, 0.2) is 48.5 Å². The summed E-state index contributed by atoms with van der Waals surface area (Å²) in [6.45, 7) is 5.38. The van der Waals surface area contributed by atoms with Gasteiger partial charge in [-0.3, -0.25) is 9.69 Å².